The summed E-state index contributed by atoms with van der Waals surface area (Å²) in [5.41, 5.74) is 0. The van der Waals surface area contributed by atoms with Gasteiger partial charge in [-0.25, -0.2) is 0 Å². The van der Waals surface area contributed by atoms with Gasteiger partial charge in [0.2, 0.25) is 5.91 Å². The van der Waals surface area contributed by atoms with Gasteiger partial charge in [-0.3, -0.25) is 9.69 Å². The molecule has 4 heteroatoms. The Bertz CT molecular complexity index is 266. The van der Waals surface area contributed by atoms with E-state index in [2.05, 4.69) is 23.8 Å². The fraction of sp³-hybridized carbons (Fsp3) is 0.947. The molecule has 0 aliphatic carbocycles. The van der Waals surface area contributed by atoms with Crippen LogP contribution in [0.5, 0.6) is 0 Å². The van der Waals surface area contributed by atoms with Gasteiger partial charge in [-0.1, -0.05) is 41.5 Å². The van der Waals surface area contributed by atoms with Crippen molar-refractivity contribution in [3.05, 3.63) is 0 Å². The van der Waals surface area contributed by atoms with Gasteiger partial charge in [0.25, 0.3) is 0 Å². The first-order chi connectivity index (χ1) is 11.1. The second-order valence-electron chi connectivity index (χ2n) is 5.70. The van der Waals surface area contributed by atoms with Crippen LogP contribution in [0.4, 0.5) is 0 Å². The van der Waals surface area contributed by atoms with Crippen molar-refractivity contribution in [3.63, 3.8) is 0 Å². The Balaban J connectivity index is 0. The molecule has 0 radical (unpaired) electrons. The topological polar surface area (TPSA) is 26.8 Å². The third-order valence-electron chi connectivity index (χ3n) is 4.31. The molecule has 1 amide bonds. The Morgan fingerprint density at radius 3 is 1.78 bits per heavy atom. The number of likely N-dealkylation sites (tertiary alicyclic amines) is 1. The van der Waals surface area contributed by atoms with Crippen molar-refractivity contribution >= 4 is 5.91 Å². The number of hydrogen-bond donors (Lipinski definition) is 0. The van der Waals surface area contributed by atoms with E-state index in [-0.39, 0.29) is 5.91 Å². The molecule has 140 valence electrons. The lowest BCUT2D eigenvalue weighted by atomic mass is 10.1. The van der Waals surface area contributed by atoms with Gasteiger partial charge in [-0.15, -0.1) is 0 Å². The molecule has 2 aliphatic heterocycles. The zero-order valence-electron chi connectivity index (χ0n) is 17.4. The lowest BCUT2D eigenvalue weighted by Crippen LogP contribution is -2.49. The van der Waals surface area contributed by atoms with Crippen LogP contribution in [0, 0.1) is 5.92 Å². The Hall–Kier alpha value is -0.610. The van der Waals surface area contributed by atoms with Gasteiger partial charge in [0.15, 0.2) is 0 Å². The molecule has 2 aliphatic rings. The predicted molar refractivity (Wildman–Crippen MR) is 103 cm³/mol. The minimum atomic E-state index is 0.221. The molecule has 2 unspecified atom stereocenters. The van der Waals surface area contributed by atoms with Crippen molar-refractivity contribution < 1.29 is 4.79 Å². The van der Waals surface area contributed by atoms with Crippen LogP contribution >= 0.6 is 0 Å². The van der Waals surface area contributed by atoms with E-state index in [1.165, 1.54) is 19.5 Å². The largest absolute Gasteiger partial charge is 0.340 e. The third-order valence-corrected chi connectivity index (χ3v) is 4.31. The van der Waals surface area contributed by atoms with Crippen molar-refractivity contribution in [1.82, 2.24) is 14.7 Å². The molecule has 2 saturated heterocycles. The Morgan fingerprint density at radius 2 is 1.43 bits per heavy atom. The molecule has 2 atom stereocenters. The maximum atomic E-state index is 11.2. The van der Waals surface area contributed by atoms with Gasteiger partial charge in [0.05, 0.1) is 0 Å². The highest BCUT2D eigenvalue weighted by Crippen LogP contribution is 2.22. The van der Waals surface area contributed by atoms with E-state index in [1.807, 2.05) is 46.4 Å². The predicted octanol–water partition coefficient (Wildman–Crippen LogP) is 3.57. The molecular weight excluding hydrogens is 286 g/mol. The van der Waals surface area contributed by atoms with Gasteiger partial charge in [0, 0.05) is 52.2 Å². The average Bonchev–Trinajstić information content (AvgIpc) is 2.91. The summed E-state index contributed by atoms with van der Waals surface area (Å²) in [5.74, 6) is 1.04. The number of hydrogen-bond acceptors (Lipinski definition) is 3. The van der Waals surface area contributed by atoms with Crippen LogP contribution in [-0.4, -0.2) is 73.0 Å². The molecule has 0 aromatic carbocycles. The molecular formula is C19H43N3O. The number of carbonyl (C=O) groups is 1. The maximum Gasteiger partial charge on any atom is 0.219 e. The highest BCUT2D eigenvalue weighted by Gasteiger charge is 2.28. The summed E-state index contributed by atoms with van der Waals surface area (Å²) in [6.45, 7) is 22.3. The molecule has 0 aromatic heterocycles. The van der Waals surface area contributed by atoms with Crippen LogP contribution in [0.15, 0.2) is 0 Å². The van der Waals surface area contributed by atoms with E-state index >= 15 is 0 Å². The second-order valence-corrected chi connectivity index (χ2v) is 5.70. The minimum absolute atomic E-state index is 0.221. The number of carbonyl (C=O) groups excluding carboxylic acids is 1. The monoisotopic (exact) mass is 329 g/mol. The van der Waals surface area contributed by atoms with Crippen LogP contribution in [0.1, 0.15) is 61.8 Å². The third kappa shape index (κ3) is 9.31. The van der Waals surface area contributed by atoms with E-state index in [0.29, 0.717) is 0 Å². The molecule has 0 aromatic rings. The van der Waals surface area contributed by atoms with Crippen LogP contribution in [0.3, 0.4) is 0 Å². The van der Waals surface area contributed by atoms with Gasteiger partial charge in [0.1, 0.15) is 0 Å². The summed E-state index contributed by atoms with van der Waals surface area (Å²) in [5, 5.41) is 0. The zero-order chi connectivity index (χ0) is 18.4. The van der Waals surface area contributed by atoms with Gasteiger partial charge < -0.3 is 9.80 Å². The fourth-order valence-electron chi connectivity index (χ4n) is 3.07. The van der Waals surface area contributed by atoms with Gasteiger partial charge in [-0.2, -0.15) is 0 Å². The van der Waals surface area contributed by atoms with E-state index in [4.69, 9.17) is 0 Å². The van der Waals surface area contributed by atoms with Crippen LogP contribution in [-0.2, 0) is 4.79 Å². The Morgan fingerprint density at radius 1 is 0.957 bits per heavy atom. The lowest BCUT2D eigenvalue weighted by molar-refractivity contribution is -0.130. The van der Waals surface area contributed by atoms with Crippen molar-refractivity contribution in [2.75, 3.05) is 46.3 Å². The first-order valence-electron chi connectivity index (χ1n) is 9.74. The van der Waals surface area contributed by atoms with Crippen LogP contribution < -0.4 is 0 Å². The van der Waals surface area contributed by atoms with Crippen LogP contribution in [0.25, 0.3) is 0 Å². The van der Waals surface area contributed by atoms with Gasteiger partial charge in [-0.05, 0) is 26.3 Å². The molecule has 2 fully saturated rings. The molecule has 0 spiro atoms. The number of nitrogens with zero attached hydrogens (tertiary/aromatic N) is 3. The quantitative estimate of drug-likeness (QED) is 0.775. The van der Waals surface area contributed by atoms with Crippen molar-refractivity contribution in [2.24, 2.45) is 5.92 Å². The second kappa shape index (κ2) is 14.9. The van der Waals surface area contributed by atoms with E-state index < -0.39 is 0 Å². The normalized spacial score (nSPS) is 24.5. The number of piperazine rings is 1. The average molecular weight is 330 g/mol. The summed E-state index contributed by atoms with van der Waals surface area (Å²) < 4.78 is 0. The molecule has 0 bridgehead atoms. The molecule has 0 saturated carbocycles. The Labute approximate surface area is 146 Å². The summed E-state index contributed by atoms with van der Waals surface area (Å²) in [7, 11) is 2.22. The zero-order valence-corrected chi connectivity index (χ0v) is 17.4. The molecule has 2 rings (SSSR count). The van der Waals surface area contributed by atoms with E-state index in [9.17, 15) is 4.79 Å². The number of rotatable bonds is 2. The summed E-state index contributed by atoms with van der Waals surface area (Å²) in [6, 6.07) is 0.735. The SMILES string of the molecule is CC.CC.CC.CC(=O)N1CCN(CC2CC(C)N(C)C2)CC1. The van der Waals surface area contributed by atoms with Crippen molar-refractivity contribution in [1.29, 1.82) is 0 Å². The van der Waals surface area contributed by atoms with Gasteiger partial charge >= 0.3 is 0 Å². The smallest absolute Gasteiger partial charge is 0.219 e. The summed E-state index contributed by atoms with van der Waals surface area (Å²) in [6.07, 6.45) is 1.32. The molecule has 23 heavy (non-hydrogen) atoms. The van der Waals surface area contributed by atoms with E-state index in [0.717, 1.165) is 38.1 Å². The summed E-state index contributed by atoms with van der Waals surface area (Å²) >= 11 is 0. The molecule has 2 heterocycles. The van der Waals surface area contributed by atoms with Crippen LogP contribution in [0.2, 0.25) is 0 Å². The van der Waals surface area contributed by atoms with E-state index in [1.54, 1.807) is 6.92 Å². The fourth-order valence-corrected chi connectivity index (χ4v) is 3.07. The standard InChI is InChI=1S/C13H25N3O.3C2H6/c1-11-8-13(9-14(11)3)10-15-4-6-16(7-5-15)12(2)17;3*1-2/h11,13H,4-10H2,1-3H3;3*1-2H3. The van der Waals surface area contributed by atoms with Crippen molar-refractivity contribution in [3.8, 4) is 0 Å². The molecule has 0 N–H and O–H groups in total. The minimum Gasteiger partial charge on any atom is -0.340 e. The number of amides is 1. The maximum absolute atomic E-state index is 11.2. The Kier molecular flexibility index (Phi) is 16.0. The lowest BCUT2D eigenvalue weighted by Gasteiger charge is -2.35. The molecule has 4 nitrogen and oxygen atoms in total. The highest BCUT2D eigenvalue weighted by atomic mass is 16.2. The first kappa shape index (κ1) is 24.6. The summed E-state index contributed by atoms with van der Waals surface area (Å²) in [4.78, 5) is 18.2. The highest BCUT2D eigenvalue weighted by molar-refractivity contribution is 5.73. The first-order valence-corrected chi connectivity index (χ1v) is 9.74. The van der Waals surface area contributed by atoms with Crippen molar-refractivity contribution in [2.45, 2.75) is 67.9 Å².